The van der Waals surface area contributed by atoms with Crippen LogP contribution < -0.4 is 5.32 Å². The fourth-order valence-electron chi connectivity index (χ4n) is 2.02. The molecule has 0 bridgehead atoms. The van der Waals surface area contributed by atoms with Gasteiger partial charge in [0.15, 0.2) is 0 Å². The molecule has 0 saturated carbocycles. The average Bonchev–Trinajstić information content (AvgIpc) is 2.93. The molecular formula is C13H16FN3O2. The molecule has 0 atom stereocenters. The minimum atomic E-state index is -0.624. The van der Waals surface area contributed by atoms with Gasteiger partial charge in [-0.1, -0.05) is 0 Å². The second kappa shape index (κ2) is 6.26. The first kappa shape index (κ1) is 13.5. The van der Waals surface area contributed by atoms with Crippen molar-refractivity contribution in [2.75, 3.05) is 19.6 Å². The van der Waals surface area contributed by atoms with Crippen molar-refractivity contribution >= 4 is 11.8 Å². The molecular weight excluding hydrogens is 249 g/mol. The predicted octanol–water partition coefficient (Wildman–Crippen LogP) is 0.963. The molecule has 2 amide bonds. The van der Waals surface area contributed by atoms with Gasteiger partial charge in [0, 0.05) is 32.3 Å². The highest BCUT2D eigenvalue weighted by atomic mass is 19.1. The van der Waals surface area contributed by atoms with Crippen molar-refractivity contribution in [3.63, 3.8) is 0 Å². The second-order valence-electron chi connectivity index (χ2n) is 4.46. The van der Waals surface area contributed by atoms with Crippen LogP contribution in [0.25, 0.3) is 0 Å². The van der Waals surface area contributed by atoms with E-state index in [1.54, 1.807) is 0 Å². The van der Waals surface area contributed by atoms with Crippen molar-refractivity contribution in [1.82, 2.24) is 15.2 Å². The number of carbonyl (C=O) groups excluding carboxylic acids is 2. The first-order valence-corrected chi connectivity index (χ1v) is 6.34. The molecule has 1 aromatic heterocycles. The molecule has 5 nitrogen and oxygen atoms in total. The van der Waals surface area contributed by atoms with Crippen molar-refractivity contribution in [3.8, 4) is 0 Å². The lowest BCUT2D eigenvalue weighted by Crippen LogP contribution is -2.32. The van der Waals surface area contributed by atoms with Crippen molar-refractivity contribution in [3.05, 3.63) is 29.8 Å². The standard InChI is InChI=1S/C13H16FN3O2/c14-11-4-3-10(9-16-11)13(19)15-6-5-12(18)17-7-1-2-8-17/h3-4,9H,1-2,5-8H2,(H,15,19). The topological polar surface area (TPSA) is 62.3 Å². The maximum absolute atomic E-state index is 12.6. The lowest BCUT2D eigenvalue weighted by Gasteiger charge is -2.15. The Kier molecular flexibility index (Phi) is 4.43. The number of carbonyl (C=O) groups is 2. The maximum atomic E-state index is 12.6. The number of aromatic nitrogens is 1. The molecule has 1 N–H and O–H groups in total. The molecule has 1 aliphatic heterocycles. The van der Waals surface area contributed by atoms with Crippen LogP contribution in [0.3, 0.4) is 0 Å². The number of hydrogen-bond acceptors (Lipinski definition) is 3. The van der Waals surface area contributed by atoms with Gasteiger partial charge in [-0.05, 0) is 25.0 Å². The summed E-state index contributed by atoms with van der Waals surface area (Å²) in [6.07, 6.45) is 3.58. The largest absolute Gasteiger partial charge is 0.351 e. The minimum Gasteiger partial charge on any atom is -0.351 e. The highest BCUT2D eigenvalue weighted by Crippen LogP contribution is 2.08. The number of pyridine rings is 1. The molecule has 19 heavy (non-hydrogen) atoms. The predicted molar refractivity (Wildman–Crippen MR) is 67.0 cm³/mol. The third kappa shape index (κ3) is 3.74. The number of likely N-dealkylation sites (tertiary alicyclic amines) is 1. The summed E-state index contributed by atoms with van der Waals surface area (Å²) >= 11 is 0. The van der Waals surface area contributed by atoms with E-state index in [9.17, 15) is 14.0 Å². The molecule has 0 radical (unpaired) electrons. The zero-order valence-electron chi connectivity index (χ0n) is 10.6. The van der Waals surface area contributed by atoms with E-state index in [2.05, 4.69) is 10.3 Å². The van der Waals surface area contributed by atoms with Gasteiger partial charge in [-0.15, -0.1) is 0 Å². The molecule has 0 aromatic carbocycles. The van der Waals surface area contributed by atoms with E-state index in [-0.39, 0.29) is 23.9 Å². The van der Waals surface area contributed by atoms with Gasteiger partial charge in [-0.3, -0.25) is 9.59 Å². The summed E-state index contributed by atoms with van der Waals surface area (Å²) in [4.78, 5) is 28.6. The van der Waals surface area contributed by atoms with Gasteiger partial charge < -0.3 is 10.2 Å². The molecule has 1 aromatic rings. The smallest absolute Gasteiger partial charge is 0.252 e. The summed E-state index contributed by atoms with van der Waals surface area (Å²) in [5.74, 6) is -0.905. The fraction of sp³-hybridized carbons (Fsp3) is 0.462. The Hall–Kier alpha value is -1.98. The van der Waals surface area contributed by atoms with Gasteiger partial charge in [0.2, 0.25) is 11.9 Å². The molecule has 0 spiro atoms. The number of nitrogens with one attached hydrogen (secondary N) is 1. The first-order valence-electron chi connectivity index (χ1n) is 6.34. The minimum absolute atomic E-state index is 0.0648. The first-order chi connectivity index (χ1) is 9.16. The Morgan fingerprint density at radius 3 is 2.68 bits per heavy atom. The van der Waals surface area contributed by atoms with Gasteiger partial charge in [-0.2, -0.15) is 4.39 Å². The Balaban J connectivity index is 1.74. The van der Waals surface area contributed by atoms with Crippen LogP contribution >= 0.6 is 0 Å². The summed E-state index contributed by atoms with van der Waals surface area (Å²) in [7, 11) is 0. The van der Waals surface area contributed by atoms with Crippen molar-refractivity contribution in [2.45, 2.75) is 19.3 Å². The van der Waals surface area contributed by atoms with E-state index in [4.69, 9.17) is 0 Å². The van der Waals surface area contributed by atoms with Crippen molar-refractivity contribution in [1.29, 1.82) is 0 Å². The number of nitrogens with zero attached hydrogens (tertiary/aromatic N) is 2. The molecule has 1 saturated heterocycles. The lowest BCUT2D eigenvalue weighted by atomic mass is 10.2. The Morgan fingerprint density at radius 1 is 1.32 bits per heavy atom. The van der Waals surface area contributed by atoms with Gasteiger partial charge in [0.25, 0.3) is 5.91 Å². The highest BCUT2D eigenvalue weighted by molar-refractivity contribution is 5.94. The summed E-state index contributed by atoms with van der Waals surface area (Å²) in [5, 5.41) is 2.62. The van der Waals surface area contributed by atoms with Gasteiger partial charge in [-0.25, -0.2) is 4.98 Å². The third-order valence-corrected chi connectivity index (χ3v) is 3.07. The molecule has 0 unspecified atom stereocenters. The van der Waals surface area contributed by atoms with E-state index in [0.29, 0.717) is 6.42 Å². The van der Waals surface area contributed by atoms with Crippen molar-refractivity contribution < 1.29 is 14.0 Å². The number of amides is 2. The summed E-state index contributed by atoms with van der Waals surface area (Å²) in [5.41, 5.74) is 0.287. The van der Waals surface area contributed by atoms with E-state index < -0.39 is 5.95 Å². The number of hydrogen-bond donors (Lipinski definition) is 1. The quantitative estimate of drug-likeness (QED) is 0.825. The molecule has 102 valence electrons. The summed E-state index contributed by atoms with van der Waals surface area (Å²) in [6.45, 7) is 1.91. The van der Waals surface area contributed by atoms with E-state index in [1.807, 2.05) is 4.90 Å². The Morgan fingerprint density at radius 2 is 2.05 bits per heavy atom. The van der Waals surface area contributed by atoms with Crippen molar-refractivity contribution in [2.24, 2.45) is 0 Å². The zero-order valence-corrected chi connectivity index (χ0v) is 10.6. The second-order valence-corrected chi connectivity index (χ2v) is 4.46. The summed E-state index contributed by atoms with van der Waals surface area (Å²) in [6, 6.07) is 2.49. The number of rotatable bonds is 4. The van der Waals surface area contributed by atoms with E-state index in [1.165, 1.54) is 12.3 Å². The summed E-state index contributed by atoms with van der Waals surface area (Å²) < 4.78 is 12.6. The zero-order chi connectivity index (χ0) is 13.7. The van der Waals surface area contributed by atoms with Crippen LogP contribution in [0.1, 0.15) is 29.6 Å². The van der Waals surface area contributed by atoms with Crippen LogP contribution in [0.2, 0.25) is 0 Å². The molecule has 6 heteroatoms. The van der Waals surface area contributed by atoms with Crippen LogP contribution in [0.5, 0.6) is 0 Å². The Labute approximate surface area is 110 Å². The molecule has 2 heterocycles. The van der Waals surface area contributed by atoms with Crippen LogP contribution in [0, 0.1) is 5.95 Å². The normalized spacial score (nSPS) is 14.5. The van der Waals surface area contributed by atoms with Crippen LogP contribution in [0.4, 0.5) is 4.39 Å². The average molecular weight is 265 g/mol. The highest BCUT2D eigenvalue weighted by Gasteiger charge is 2.17. The molecule has 0 aliphatic carbocycles. The monoisotopic (exact) mass is 265 g/mol. The maximum Gasteiger partial charge on any atom is 0.252 e. The van der Waals surface area contributed by atoms with Crippen LogP contribution in [0.15, 0.2) is 18.3 Å². The fourth-order valence-corrected chi connectivity index (χ4v) is 2.02. The van der Waals surface area contributed by atoms with Gasteiger partial charge in [0.05, 0.1) is 5.56 Å². The SMILES string of the molecule is O=C(NCCC(=O)N1CCCC1)c1ccc(F)nc1. The van der Waals surface area contributed by atoms with E-state index >= 15 is 0 Å². The number of halogens is 1. The molecule has 1 aliphatic rings. The third-order valence-electron chi connectivity index (χ3n) is 3.07. The van der Waals surface area contributed by atoms with Crippen LogP contribution in [-0.4, -0.2) is 41.3 Å². The molecule has 2 rings (SSSR count). The van der Waals surface area contributed by atoms with Crippen LogP contribution in [-0.2, 0) is 4.79 Å². The van der Waals surface area contributed by atoms with Gasteiger partial charge >= 0.3 is 0 Å². The van der Waals surface area contributed by atoms with E-state index in [0.717, 1.165) is 32.0 Å². The van der Waals surface area contributed by atoms with Gasteiger partial charge in [0.1, 0.15) is 0 Å². The lowest BCUT2D eigenvalue weighted by molar-refractivity contribution is -0.129. The molecule has 1 fully saturated rings. The Bertz CT molecular complexity index is 455.